The van der Waals surface area contributed by atoms with Crippen LogP contribution < -0.4 is 20.9 Å². The molecule has 2 saturated heterocycles. The van der Waals surface area contributed by atoms with Gasteiger partial charge in [0.1, 0.15) is 12.3 Å². The first-order chi connectivity index (χ1) is 12.9. The van der Waals surface area contributed by atoms with E-state index in [0.717, 1.165) is 24.5 Å². The molecule has 8 nitrogen and oxygen atoms in total. The van der Waals surface area contributed by atoms with Crippen LogP contribution in [0.2, 0.25) is 0 Å². The van der Waals surface area contributed by atoms with Gasteiger partial charge in [-0.1, -0.05) is 0 Å². The highest BCUT2D eigenvalue weighted by Crippen LogP contribution is 2.42. The number of amides is 1. The maximum absolute atomic E-state index is 12.4. The van der Waals surface area contributed by atoms with E-state index in [9.17, 15) is 14.4 Å². The van der Waals surface area contributed by atoms with Crippen LogP contribution in [0.3, 0.4) is 0 Å². The summed E-state index contributed by atoms with van der Waals surface area (Å²) in [7, 11) is 1.65. The molecule has 1 aromatic carbocycles. The smallest absolute Gasteiger partial charge is 0.328 e. The largest absolute Gasteiger partial charge is 0.497 e. The lowest BCUT2D eigenvalue weighted by Gasteiger charge is -2.61. The number of rotatable bonds is 4. The summed E-state index contributed by atoms with van der Waals surface area (Å²) in [5.41, 5.74) is 0.753. The average Bonchev–Trinajstić information content (AvgIpc) is 2.58. The molecular weight excluding hydrogens is 348 g/mol. The lowest BCUT2D eigenvalue weighted by molar-refractivity contribution is -0.145. The van der Waals surface area contributed by atoms with Crippen molar-refractivity contribution < 1.29 is 9.53 Å². The zero-order chi connectivity index (χ0) is 19.2. The van der Waals surface area contributed by atoms with E-state index in [1.54, 1.807) is 18.9 Å². The molecular formula is C19H22N4O4. The van der Waals surface area contributed by atoms with Crippen LogP contribution in [0.1, 0.15) is 5.56 Å². The molecule has 1 amide bonds. The molecule has 142 valence electrons. The van der Waals surface area contributed by atoms with Crippen molar-refractivity contribution in [2.75, 3.05) is 38.2 Å². The lowest BCUT2D eigenvalue weighted by atomic mass is 9.72. The van der Waals surface area contributed by atoms with E-state index in [2.05, 4.69) is 9.88 Å². The average molecular weight is 370 g/mol. The third kappa shape index (κ3) is 3.11. The molecule has 8 heteroatoms. The van der Waals surface area contributed by atoms with Crippen molar-refractivity contribution in [2.24, 2.45) is 5.41 Å². The van der Waals surface area contributed by atoms with Gasteiger partial charge in [0.15, 0.2) is 0 Å². The van der Waals surface area contributed by atoms with E-state index in [1.165, 1.54) is 10.8 Å². The van der Waals surface area contributed by atoms with E-state index >= 15 is 0 Å². The van der Waals surface area contributed by atoms with Gasteiger partial charge in [0, 0.05) is 49.0 Å². The molecule has 2 aromatic rings. The molecule has 1 N–H and O–H groups in total. The normalized spacial score (nSPS) is 17.4. The van der Waals surface area contributed by atoms with Gasteiger partial charge in [-0.05, 0) is 31.2 Å². The summed E-state index contributed by atoms with van der Waals surface area (Å²) in [6.07, 6.45) is 1.43. The Labute approximate surface area is 156 Å². The van der Waals surface area contributed by atoms with Crippen LogP contribution in [0.15, 0.2) is 40.1 Å². The first-order valence-corrected chi connectivity index (χ1v) is 8.86. The van der Waals surface area contributed by atoms with Crippen LogP contribution in [0.25, 0.3) is 0 Å². The number of aromatic amines is 1. The summed E-state index contributed by atoms with van der Waals surface area (Å²) in [5, 5.41) is 0. The highest BCUT2D eigenvalue weighted by Gasteiger charge is 2.53. The second kappa shape index (κ2) is 6.29. The molecule has 27 heavy (non-hydrogen) atoms. The topological polar surface area (TPSA) is 87.6 Å². The van der Waals surface area contributed by atoms with Crippen LogP contribution in [0.5, 0.6) is 5.75 Å². The molecule has 0 unspecified atom stereocenters. The molecule has 4 rings (SSSR count). The molecule has 1 spiro atoms. The highest BCUT2D eigenvalue weighted by molar-refractivity contribution is 5.77. The first kappa shape index (κ1) is 17.4. The van der Waals surface area contributed by atoms with Gasteiger partial charge in [-0.15, -0.1) is 0 Å². The molecule has 0 radical (unpaired) electrons. The van der Waals surface area contributed by atoms with Crippen molar-refractivity contribution in [1.82, 2.24) is 14.5 Å². The first-order valence-electron chi connectivity index (χ1n) is 8.86. The van der Waals surface area contributed by atoms with E-state index in [4.69, 9.17) is 4.74 Å². The summed E-state index contributed by atoms with van der Waals surface area (Å²) < 4.78 is 6.44. The minimum absolute atomic E-state index is 0.0469. The molecule has 1 aromatic heterocycles. The predicted octanol–water partition coefficient (Wildman–Crippen LogP) is 0.202. The Balaban J connectivity index is 1.32. The maximum atomic E-state index is 12.4. The molecule has 0 saturated carbocycles. The Morgan fingerprint density at radius 2 is 1.81 bits per heavy atom. The molecule has 0 bridgehead atoms. The van der Waals surface area contributed by atoms with Gasteiger partial charge in [-0.2, -0.15) is 0 Å². The number of aryl methyl sites for hydroxylation is 1. The number of nitrogens with zero attached hydrogens (tertiary/aromatic N) is 3. The standard InChI is InChI=1S/C19H22N4O4/c1-13-7-21(18(26)20-17(13)25)8-16(24)23-11-19(12-23)9-22(10-19)14-3-5-15(27-2)6-4-14/h3-7H,8-12H2,1-2H3,(H,20,25,26). The van der Waals surface area contributed by atoms with Crippen LogP contribution in [-0.4, -0.2) is 53.6 Å². The van der Waals surface area contributed by atoms with E-state index in [0.29, 0.717) is 18.7 Å². The number of carbonyl (C=O) groups is 1. The fourth-order valence-corrected chi connectivity index (χ4v) is 3.86. The molecule has 3 heterocycles. The Morgan fingerprint density at radius 1 is 1.15 bits per heavy atom. The number of aromatic nitrogens is 2. The maximum Gasteiger partial charge on any atom is 0.328 e. The summed E-state index contributed by atoms with van der Waals surface area (Å²) in [6, 6.07) is 7.97. The molecule has 2 aliphatic rings. The second-order valence-electron chi connectivity index (χ2n) is 7.50. The number of likely N-dealkylation sites (tertiary alicyclic amines) is 1. The van der Waals surface area contributed by atoms with E-state index < -0.39 is 11.2 Å². The summed E-state index contributed by atoms with van der Waals surface area (Å²) in [6.45, 7) is 4.81. The number of carbonyl (C=O) groups excluding carboxylic acids is 1. The number of ether oxygens (including phenoxy) is 1. The number of anilines is 1. The Hall–Kier alpha value is -3.03. The van der Waals surface area contributed by atoms with Crippen LogP contribution in [0.4, 0.5) is 5.69 Å². The van der Waals surface area contributed by atoms with E-state index in [1.807, 2.05) is 24.3 Å². The van der Waals surface area contributed by atoms with Gasteiger partial charge >= 0.3 is 5.69 Å². The summed E-state index contributed by atoms with van der Waals surface area (Å²) in [5.74, 6) is 0.735. The molecule has 0 aliphatic carbocycles. The number of benzene rings is 1. The fraction of sp³-hybridized carbons (Fsp3) is 0.421. The lowest BCUT2D eigenvalue weighted by Crippen LogP contribution is -2.73. The minimum Gasteiger partial charge on any atom is -0.497 e. The van der Waals surface area contributed by atoms with Crippen molar-refractivity contribution >= 4 is 11.6 Å². The number of hydrogen-bond acceptors (Lipinski definition) is 5. The van der Waals surface area contributed by atoms with Gasteiger partial charge in [0.25, 0.3) is 5.56 Å². The van der Waals surface area contributed by atoms with Crippen molar-refractivity contribution in [2.45, 2.75) is 13.5 Å². The van der Waals surface area contributed by atoms with Crippen molar-refractivity contribution in [3.8, 4) is 5.75 Å². The Kier molecular flexibility index (Phi) is 4.05. The van der Waals surface area contributed by atoms with Gasteiger partial charge in [-0.25, -0.2) is 4.79 Å². The second-order valence-corrected chi connectivity index (χ2v) is 7.50. The summed E-state index contributed by atoms with van der Waals surface area (Å²) >= 11 is 0. The molecule has 0 atom stereocenters. The van der Waals surface area contributed by atoms with Gasteiger partial charge in [0.2, 0.25) is 5.91 Å². The number of nitrogens with one attached hydrogen (secondary N) is 1. The van der Waals surface area contributed by atoms with Gasteiger partial charge in [0.05, 0.1) is 7.11 Å². The zero-order valence-corrected chi connectivity index (χ0v) is 15.4. The molecule has 2 fully saturated rings. The Bertz CT molecular complexity index is 978. The molecule has 2 aliphatic heterocycles. The van der Waals surface area contributed by atoms with Crippen molar-refractivity contribution in [3.05, 3.63) is 56.9 Å². The minimum atomic E-state index is -0.552. The van der Waals surface area contributed by atoms with E-state index in [-0.39, 0.29) is 17.9 Å². The van der Waals surface area contributed by atoms with Crippen molar-refractivity contribution in [1.29, 1.82) is 0 Å². The quantitative estimate of drug-likeness (QED) is 0.831. The number of H-pyrrole nitrogens is 1. The van der Waals surface area contributed by atoms with Crippen LogP contribution >= 0.6 is 0 Å². The monoisotopic (exact) mass is 370 g/mol. The highest BCUT2D eigenvalue weighted by atomic mass is 16.5. The third-order valence-electron chi connectivity index (χ3n) is 5.39. The Morgan fingerprint density at radius 3 is 2.44 bits per heavy atom. The summed E-state index contributed by atoms with van der Waals surface area (Å²) in [4.78, 5) is 42.0. The van der Waals surface area contributed by atoms with Gasteiger partial charge < -0.3 is 14.5 Å². The van der Waals surface area contributed by atoms with Gasteiger partial charge in [-0.3, -0.25) is 19.1 Å². The van der Waals surface area contributed by atoms with Crippen molar-refractivity contribution in [3.63, 3.8) is 0 Å². The van der Waals surface area contributed by atoms with Crippen LogP contribution in [0, 0.1) is 12.3 Å². The fourth-order valence-electron chi connectivity index (χ4n) is 3.86. The zero-order valence-electron chi connectivity index (χ0n) is 15.4. The predicted molar refractivity (Wildman–Crippen MR) is 100 cm³/mol. The number of methoxy groups -OCH3 is 1. The van der Waals surface area contributed by atoms with Crippen LogP contribution in [-0.2, 0) is 11.3 Å². The third-order valence-corrected chi connectivity index (χ3v) is 5.39. The number of hydrogen-bond donors (Lipinski definition) is 1. The SMILES string of the molecule is COc1ccc(N2CC3(CN(C(=O)Cn4cc(C)c(=O)[nH]c4=O)C3)C2)cc1.